The van der Waals surface area contributed by atoms with Crippen LogP contribution < -0.4 is 10.1 Å². The number of ether oxygens (including phenoxy) is 1. The van der Waals surface area contributed by atoms with Crippen LogP contribution in [0.5, 0.6) is 11.5 Å². The van der Waals surface area contributed by atoms with Crippen molar-refractivity contribution in [1.29, 1.82) is 0 Å². The molecule has 5 rings (SSSR count). The second kappa shape index (κ2) is 11.2. The van der Waals surface area contributed by atoms with E-state index in [1.165, 1.54) is 5.56 Å². The van der Waals surface area contributed by atoms with Crippen LogP contribution in [0.4, 0.5) is 5.69 Å². The van der Waals surface area contributed by atoms with Crippen molar-refractivity contribution >= 4 is 23.4 Å². The fourth-order valence-electron chi connectivity index (χ4n) is 4.78. The number of nitrogens with one attached hydrogen (secondary N) is 1. The lowest BCUT2D eigenvalue weighted by molar-refractivity contribution is -0.119. The van der Waals surface area contributed by atoms with Crippen LogP contribution >= 0.6 is 0 Å². The molecule has 6 heteroatoms. The highest BCUT2D eigenvalue weighted by Gasteiger charge is 2.42. The number of nitrogens with zero attached hydrogens (tertiary/aromatic N) is 1. The zero-order valence-electron chi connectivity index (χ0n) is 22.9. The lowest BCUT2D eigenvalue weighted by Gasteiger charge is -2.25. The molecule has 40 heavy (non-hydrogen) atoms. The van der Waals surface area contributed by atoms with Crippen molar-refractivity contribution in [2.45, 2.75) is 45.1 Å². The number of rotatable bonds is 9. The fourth-order valence-corrected chi connectivity index (χ4v) is 4.78. The highest BCUT2D eigenvalue weighted by Crippen LogP contribution is 2.30. The molecule has 0 bridgehead atoms. The van der Waals surface area contributed by atoms with E-state index in [-0.39, 0.29) is 11.8 Å². The van der Waals surface area contributed by atoms with Crippen molar-refractivity contribution in [2.24, 2.45) is 0 Å². The topological polar surface area (TPSA) is 75.7 Å². The largest absolute Gasteiger partial charge is 0.457 e. The van der Waals surface area contributed by atoms with Gasteiger partial charge in [0.25, 0.3) is 11.8 Å². The summed E-state index contributed by atoms with van der Waals surface area (Å²) in [5, 5.41) is 2.89. The SMILES string of the molecule is CCC(C)(C)c1ccc(Oc2ccc(NC(=O)C(Cc3ccccc3)N3C(=O)c4ccccc4C3=O)cc2)cc1. The minimum atomic E-state index is -1.02. The minimum Gasteiger partial charge on any atom is -0.457 e. The zero-order valence-corrected chi connectivity index (χ0v) is 22.9. The van der Waals surface area contributed by atoms with E-state index < -0.39 is 23.8 Å². The molecule has 0 saturated heterocycles. The van der Waals surface area contributed by atoms with Gasteiger partial charge in [-0.3, -0.25) is 19.3 Å². The minimum absolute atomic E-state index is 0.101. The molecule has 0 fully saturated rings. The van der Waals surface area contributed by atoms with Gasteiger partial charge in [0, 0.05) is 12.1 Å². The van der Waals surface area contributed by atoms with Gasteiger partial charge in [-0.25, -0.2) is 0 Å². The first-order valence-electron chi connectivity index (χ1n) is 13.5. The molecule has 0 spiro atoms. The third kappa shape index (κ3) is 5.52. The Balaban J connectivity index is 1.32. The van der Waals surface area contributed by atoms with E-state index in [1.807, 2.05) is 42.5 Å². The summed E-state index contributed by atoms with van der Waals surface area (Å²) in [7, 11) is 0. The van der Waals surface area contributed by atoms with E-state index >= 15 is 0 Å². The Morgan fingerprint density at radius 1 is 0.775 bits per heavy atom. The summed E-state index contributed by atoms with van der Waals surface area (Å²) in [5.41, 5.74) is 3.35. The number of amides is 3. The van der Waals surface area contributed by atoms with Crippen LogP contribution in [0.25, 0.3) is 0 Å². The van der Waals surface area contributed by atoms with Gasteiger partial charge >= 0.3 is 0 Å². The summed E-state index contributed by atoms with van der Waals surface area (Å²) in [6, 6.07) is 30.1. The van der Waals surface area contributed by atoms with E-state index in [9.17, 15) is 14.4 Å². The molecule has 0 aliphatic carbocycles. The van der Waals surface area contributed by atoms with Crippen LogP contribution in [0.1, 0.15) is 59.0 Å². The van der Waals surface area contributed by atoms with E-state index in [4.69, 9.17) is 4.74 Å². The molecule has 1 aliphatic heterocycles. The Morgan fingerprint density at radius 3 is 1.85 bits per heavy atom. The van der Waals surface area contributed by atoms with Crippen molar-refractivity contribution < 1.29 is 19.1 Å². The Bertz CT molecular complexity index is 1490. The van der Waals surface area contributed by atoms with Gasteiger partial charge in [0.2, 0.25) is 5.91 Å². The maximum Gasteiger partial charge on any atom is 0.262 e. The Hall–Kier alpha value is -4.71. The smallest absolute Gasteiger partial charge is 0.262 e. The summed E-state index contributed by atoms with van der Waals surface area (Å²) >= 11 is 0. The standard InChI is InChI=1S/C34H32N2O4/c1-4-34(2,3)24-14-18-26(19-15-24)40-27-20-16-25(17-21-27)35-31(37)30(22-23-10-6-5-7-11-23)36-32(38)28-12-8-9-13-29(28)33(36)39/h5-21,30H,4,22H2,1-3H3,(H,35,37). The second-order valence-corrected chi connectivity index (χ2v) is 10.6. The van der Waals surface area contributed by atoms with E-state index in [0.717, 1.165) is 22.6 Å². The monoisotopic (exact) mass is 532 g/mol. The third-order valence-corrected chi connectivity index (χ3v) is 7.59. The van der Waals surface area contributed by atoms with Crippen molar-refractivity contribution in [3.8, 4) is 11.5 Å². The number of hydrogen-bond acceptors (Lipinski definition) is 4. The molecule has 1 N–H and O–H groups in total. The fraction of sp³-hybridized carbons (Fsp3) is 0.206. The average molecular weight is 533 g/mol. The third-order valence-electron chi connectivity index (χ3n) is 7.59. The van der Waals surface area contributed by atoms with Crippen molar-refractivity contribution in [2.75, 3.05) is 5.32 Å². The van der Waals surface area contributed by atoms with Crippen molar-refractivity contribution in [3.05, 3.63) is 125 Å². The molecule has 6 nitrogen and oxygen atoms in total. The molecule has 0 radical (unpaired) electrons. The number of anilines is 1. The van der Waals surface area contributed by atoms with Gasteiger partial charge in [-0.2, -0.15) is 0 Å². The quantitative estimate of drug-likeness (QED) is 0.235. The van der Waals surface area contributed by atoms with Gasteiger partial charge in [-0.1, -0.05) is 75.4 Å². The molecule has 1 heterocycles. The molecular weight excluding hydrogens is 500 g/mol. The summed E-state index contributed by atoms with van der Waals surface area (Å²) < 4.78 is 6.00. The highest BCUT2D eigenvalue weighted by atomic mass is 16.5. The first-order chi connectivity index (χ1) is 19.3. The van der Waals surface area contributed by atoms with Crippen LogP contribution in [0, 0.1) is 0 Å². The summed E-state index contributed by atoms with van der Waals surface area (Å²) in [4.78, 5) is 41.1. The number of carbonyl (C=O) groups excluding carboxylic acids is 3. The molecule has 1 atom stereocenters. The lowest BCUT2D eigenvalue weighted by Crippen LogP contribution is -2.48. The number of imide groups is 1. The summed E-state index contributed by atoms with van der Waals surface area (Å²) in [6.45, 7) is 6.61. The van der Waals surface area contributed by atoms with Gasteiger partial charge in [-0.15, -0.1) is 0 Å². The maximum atomic E-state index is 13.6. The van der Waals surface area contributed by atoms with E-state index in [2.05, 4.69) is 38.2 Å². The normalized spacial score (nSPS) is 13.6. The highest BCUT2D eigenvalue weighted by molar-refractivity contribution is 6.23. The average Bonchev–Trinajstić information content (AvgIpc) is 3.23. The number of fused-ring (bicyclic) bond motifs is 1. The van der Waals surface area contributed by atoms with Gasteiger partial charge in [0.1, 0.15) is 17.5 Å². The molecule has 4 aromatic rings. The molecule has 3 amide bonds. The predicted octanol–water partition coefficient (Wildman–Crippen LogP) is 7.01. The number of carbonyl (C=O) groups is 3. The van der Waals surface area contributed by atoms with Crippen molar-refractivity contribution in [3.63, 3.8) is 0 Å². The van der Waals surface area contributed by atoms with Crippen LogP contribution in [-0.2, 0) is 16.6 Å². The van der Waals surface area contributed by atoms with Crippen LogP contribution in [0.2, 0.25) is 0 Å². The first-order valence-corrected chi connectivity index (χ1v) is 13.5. The molecule has 1 unspecified atom stereocenters. The second-order valence-electron chi connectivity index (χ2n) is 10.6. The van der Waals surface area contributed by atoms with Crippen LogP contribution in [0.15, 0.2) is 103 Å². The summed E-state index contributed by atoms with van der Waals surface area (Å²) in [6.07, 6.45) is 1.24. The molecule has 4 aromatic carbocycles. The molecule has 0 aromatic heterocycles. The van der Waals surface area contributed by atoms with E-state index in [1.54, 1.807) is 48.5 Å². The Morgan fingerprint density at radius 2 is 1.30 bits per heavy atom. The first kappa shape index (κ1) is 26.9. The van der Waals surface area contributed by atoms with Gasteiger partial charge in [0.05, 0.1) is 11.1 Å². The summed E-state index contributed by atoms with van der Waals surface area (Å²) in [5.74, 6) is -0.0219. The maximum absolute atomic E-state index is 13.6. The predicted molar refractivity (Wildman–Crippen MR) is 156 cm³/mol. The lowest BCUT2D eigenvalue weighted by atomic mass is 9.82. The zero-order chi connectivity index (χ0) is 28.3. The van der Waals surface area contributed by atoms with Gasteiger partial charge in [-0.05, 0) is 71.5 Å². The van der Waals surface area contributed by atoms with Gasteiger partial charge < -0.3 is 10.1 Å². The Labute approximate surface area is 234 Å². The van der Waals surface area contributed by atoms with Crippen LogP contribution in [0.3, 0.4) is 0 Å². The molecule has 1 aliphatic rings. The van der Waals surface area contributed by atoms with E-state index in [0.29, 0.717) is 22.6 Å². The molecule has 202 valence electrons. The van der Waals surface area contributed by atoms with Gasteiger partial charge in [0.15, 0.2) is 0 Å². The number of benzene rings is 4. The Kier molecular flexibility index (Phi) is 7.52. The molecular formula is C34H32N2O4. The van der Waals surface area contributed by atoms with Crippen molar-refractivity contribution in [1.82, 2.24) is 4.90 Å². The molecule has 0 saturated carbocycles. The number of hydrogen-bond donors (Lipinski definition) is 1. The van der Waals surface area contributed by atoms with Crippen LogP contribution in [-0.4, -0.2) is 28.7 Å².